The zero-order valence-electron chi connectivity index (χ0n) is 8.84. The molecule has 0 amide bonds. The van der Waals surface area contributed by atoms with Gasteiger partial charge in [0.25, 0.3) is 0 Å². The molecule has 0 spiro atoms. The summed E-state index contributed by atoms with van der Waals surface area (Å²) in [6.45, 7) is 0. The normalized spacial score (nSPS) is 13.2. The average Bonchev–Trinajstić information content (AvgIpc) is 2.65. The minimum absolute atomic E-state index is 0. The van der Waals surface area contributed by atoms with E-state index in [0.717, 1.165) is 12.2 Å². The minimum atomic E-state index is 0. The van der Waals surface area contributed by atoms with E-state index in [2.05, 4.69) is 44.7 Å². The van der Waals surface area contributed by atoms with E-state index in [-0.39, 0.29) is 24.8 Å². The predicted octanol–water partition coefficient (Wildman–Crippen LogP) is -3.08. The fraction of sp³-hybridized carbons (Fsp3) is 0.167. The molecular formula is C12H11Cl2OTi. The molecule has 0 bridgehead atoms. The summed E-state index contributed by atoms with van der Waals surface area (Å²) in [6, 6.07) is 8.21. The van der Waals surface area contributed by atoms with Gasteiger partial charge < -0.3 is 24.8 Å². The number of hydrogen-bond donors (Lipinski definition) is 0. The van der Waals surface area contributed by atoms with Crippen LogP contribution in [0.1, 0.15) is 12.0 Å². The first-order chi connectivity index (χ1) is 6.81. The van der Waals surface area contributed by atoms with Crippen molar-refractivity contribution in [2.45, 2.75) is 6.42 Å². The van der Waals surface area contributed by atoms with Gasteiger partial charge in [-0.15, -0.1) is 0 Å². The predicted molar refractivity (Wildman–Crippen MR) is 53.7 cm³/mol. The number of halogens is 2. The van der Waals surface area contributed by atoms with Crippen molar-refractivity contribution in [3.05, 3.63) is 45.9 Å². The van der Waals surface area contributed by atoms with Gasteiger partial charge in [-0.05, 0) is 0 Å². The third-order valence-corrected chi connectivity index (χ3v) is 3.07. The standard InChI is InChI=1S/C12H11O.2ClH.Ti/c1-13-12-8-6-11(7-9-12)10-4-2-3-5-10;;;/h2,4,6-9H,3H2,1H3;2*1H;/q;;;+2/p-2. The van der Waals surface area contributed by atoms with Gasteiger partial charge in [-0.25, -0.2) is 0 Å². The Labute approximate surface area is 120 Å². The molecule has 0 aliphatic heterocycles. The van der Waals surface area contributed by atoms with Gasteiger partial charge in [-0.1, -0.05) is 0 Å². The van der Waals surface area contributed by atoms with Crippen LogP contribution >= 0.6 is 0 Å². The second-order valence-corrected chi connectivity index (χ2v) is 4.17. The molecule has 0 saturated heterocycles. The fourth-order valence-electron chi connectivity index (χ4n) is 1.55. The summed E-state index contributed by atoms with van der Waals surface area (Å²) in [5, 5.41) is 0. The van der Waals surface area contributed by atoms with E-state index in [1.165, 1.54) is 15.0 Å². The molecular weight excluding hydrogens is 279 g/mol. The Hall–Kier alpha value is -0.206. The molecule has 0 aromatic heterocycles. The zero-order chi connectivity index (χ0) is 9.97. The molecule has 1 aliphatic carbocycles. The van der Waals surface area contributed by atoms with E-state index >= 15 is 0 Å². The summed E-state index contributed by atoms with van der Waals surface area (Å²) in [6.07, 6.45) is 5.48. The Bertz CT molecular complexity index is 396. The molecule has 1 aromatic carbocycles. The van der Waals surface area contributed by atoms with Crippen LogP contribution in [0.15, 0.2) is 40.3 Å². The first kappa shape index (κ1) is 15.8. The number of hydrogen-bond acceptors (Lipinski definition) is 1. The molecule has 0 saturated carbocycles. The summed E-state index contributed by atoms with van der Waals surface area (Å²) in [7, 11) is 1.69. The van der Waals surface area contributed by atoms with Crippen LogP contribution in [0.5, 0.6) is 5.75 Å². The molecule has 0 N–H and O–H groups in total. The van der Waals surface area contributed by atoms with Gasteiger partial charge >= 0.3 is 95.9 Å². The van der Waals surface area contributed by atoms with Crippen LogP contribution in [0, 0.1) is 0 Å². The van der Waals surface area contributed by atoms with Crippen molar-refractivity contribution in [2.24, 2.45) is 0 Å². The van der Waals surface area contributed by atoms with E-state index in [0.29, 0.717) is 0 Å². The topological polar surface area (TPSA) is 9.23 Å². The summed E-state index contributed by atoms with van der Waals surface area (Å²) in [4.78, 5) is 0. The van der Waals surface area contributed by atoms with Crippen molar-refractivity contribution in [3.63, 3.8) is 0 Å². The Morgan fingerprint density at radius 2 is 1.75 bits per heavy atom. The number of ether oxygens (including phenoxy) is 1. The van der Waals surface area contributed by atoms with Gasteiger partial charge in [0.1, 0.15) is 0 Å². The number of rotatable bonds is 2. The van der Waals surface area contributed by atoms with Crippen molar-refractivity contribution in [1.29, 1.82) is 0 Å². The summed E-state index contributed by atoms with van der Waals surface area (Å²) >= 11 is 2.18. The smallest absolute Gasteiger partial charge is 1.00 e. The van der Waals surface area contributed by atoms with E-state index in [9.17, 15) is 0 Å². The third-order valence-electron chi connectivity index (χ3n) is 2.33. The molecule has 1 nitrogen and oxygen atoms in total. The second kappa shape index (κ2) is 7.18. The summed E-state index contributed by atoms with van der Waals surface area (Å²) in [5.74, 6) is 0.911. The van der Waals surface area contributed by atoms with Crippen molar-refractivity contribution < 1.29 is 50.0 Å². The number of methoxy groups -OCH3 is 1. The van der Waals surface area contributed by atoms with Gasteiger partial charge in [0.15, 0.2) is 0 Å². The van der Waals surface area contributed by atoms with Gasteiger partial charge in [-0.3, -0.25) is 0 Å². The fourth-order valence-corrected chi connectivity index (χ4v) is 2.09. The van der Waals surface area contributed by atoms with Crippen LogP contribution in [0.25, 0.3) is 5.57 Å². The summed E-state index contributed by atoms with van der Waals surface area (Å²) < 4.78 is 6.56. The Balaban J connectivity index is 0.00000112. The molecule has 2 rings (SSSR count). The molecule has 1 aliphatic rings. The molecule has 0 atom stereocenters. The molecule has 0 heterocycles. The van der Waals surface area contributed by atoms with Crippen LogP contribution in [-0.4, -0.2) is 7.11 Å². The first-order valence-electron chi connectivity index (χ1n) is 4.57. The van der Waals surface area contributed by atoms with E-state index in [1.807, 2.05) is 12.1 Å². The van der Waals surface area contributed by atoms with Crippen LogP contribution in [0.3, 0.4) is 0 Å². The number of benzene rings is 1. The van der Waals surface area contributed by atoms with Crippen molar-refractivity contribution in [1.82, 2.24) is 0 Å². The Kier molecular flexibility index (Phi) is 7.09. The largest absolute Gasteiger partial charge is 1.00 e. The average molecular weight is 290 g/mol. The van der Waals surface area contributed by atoms with Crippen molar-refractivity contribution >= 4 is 5.57 Å². The third kappa shape index (κ3) is 3.39. The molecule has 4 heteroatoms. The molecule has 0 radical (unpaired) electrons. The zero-order valence-corrected chi connectivity index (χ0v) is 11.9. The van der Waals surface area contributed by atoms with E-state index < -0.39 is 0 Å². The van der Waals surface area contributed by atoms with Gasteiger partial charge in [-0.2, -0.15) is 0 Å². The monoisotopic (exact) mass is 289 g/mol. The number of allylic oxidation sites excluding steroid dienone is 4. The van der Waals surface area contributed by atoms with Crippen LogP contribution < -0.4 is 29.6 Å². The molecule has 0 fully saturated rings. The van der Waals surface area contributed by atoms with Crippen LogP contribution in [-0.2, 0) is 20.4 Å². The molecule has 0 unspecified atom stereocenters. The van der Waals surface area contributed by atoms with E-state index in [4.69, 9.17) is 4.74 Å². The van der Waals surface area contributed by atoms with Crippen LogP contribution in [0.4, 0.5) is 0 Å². The Morgan fingerprint density at radius 3 is 2.19 bits per heavy atom. The van der Waals surface area contributed by atoms with Gasteiger partial charge in [0.05, 0.1) is 0 Å². The minimum Gasteiger partial charge on any atom is -1.00 e. The maximum absolute atomic E-state index is 5.12. The van der Waals surface area contributed by atoms with Gasteiger partial charge in [0, 0.05) is 0 Å². The maximum Gasteiger partial charge on any atom is -1.00 e. The first-order valence-corrected chi connectivity index (χ1v) is 5.35. The van der Waals surface area contributed by atoms with Crippen LogP contribution in [0.2, 0.25) is 0 Å². The Morgan fingerprint density at radius 1 is 1.12 bits per heavy atom. The summed E-state index contributed by atoms with van der Waals surface area (Å²) in [5.41, 5.74) is 2.63. The maximum atomic E-state index is 5.12. The van der Waals surface area contributed by atoms with Crippen molar-refractivity contribution in [2.75, 3.05) is 7.11 Å². The molecule has 83 valence electrons. The SMILES string of the molecule is COc1ccc(C2=[C]([Ti+2])CC=C2)cc1.[Cl-].[Cl-]. The quantitative estimate of drug-likeness (QED) is 0.525. The van der Waals surface area contributed by atoms with Gasteiger partial charge in [0.2, 0.25) is 0 Å². The molecule has 1 aromatic rings. The second-order valence-electron chi connectivity index (χ2n) is 3.23. The van der Waals surface area contributed by atoms with E-state index in [1.54, 1.807) is 7.11 Å². The van der Waals surface area contributed by atoms with Crippen molar-refractivity contribution in [3.8, 4) is 5.75 Å². The molecule has 16 heavy (non-hydrogen) atoms.